The van der Waals surface area contributed by atoms with E-state index in [9.17, 15) is 13.2 Å². The van der Waals surface area contributed by atoms with E-state index in [1.54, 1.807) is 5.38 Å². The Labute approximate surface area is 105 Å². The summed E-state index contributed by atoms with van der Waals surface area (Å²) in [7, 11) is -3.07. The van der Waals surface area contributed by atoms with E-state index in [2.05, 4.69) is 4.98 Å². The fourth-order valence-corrected chi connectivity index (χ4v) is 3.79. The number of hydrogen-bond donors (Lipinski definition) is 0. The summed E-state index contributed by atoms with van der Waals surface area (Å²) in [6.45, 7) is 1.08. The van der Waals surface area contributed by atoms with Gasteiger partial charge in [-0.05, 0) is 12.8 Å². The summed E-state index contributed by atoms with van der Waals surface area (Å²) in [5.74, 6) is 0.284. The van der Waals surface area contributed by atoms with Crippen LogP contribution in [-0.2, 0) is 10.0 Å². The summed E-state index contributed by atoms with van der Waals surface area (Å²) < 4.78 is 24.2. The molecule has 1 aliphatic heterocycles. The van der Waals surface area contributed by atoms with Crippen molar-refractivity contribution < 1.29 is 13.2 Å². The molecule has 5 nitrogen and oxygen atoms in total. The molecule has 0 bridgehead atoms. The van der Waals surface area contributed by atoms with Crippen molar-refractivity contribution >= 4 is 27.6 Å². The van der Waals surface area contributed by atoms with Crippen molar-refractivity contribution in [3.8, 4) is 0 Å². The predicted molar refractivity (Wildman–Crippen MR) is 65.9 cm³/mol. The van der Waals surface area contributed by atoms with Gasteiger partial charge in [-0.3, -0.25) is 4.79 Å². The van der Waals surface area contributed by atoms with E-state index in [1.807, 2.05) is 0 Å². The third kappa shape index (κ3) is 2.91. The minimum Gasteiger partial charge on any atom is -0.296 e. The molecule has 0 atom stereocenters. The zero-order chi connectivity index (χ0) is 12.5. The Balaban J connectivity index is 2.02. The highest BCUT2D eigenvalue weighted by Gasteiger charge is 2.27. The first-order chi connectivity index (χ1) is 8.00. The molecular formula is C10H14N2O3S2. The van der Waals surface area contributed by atoms with Gasteiger partial charge < -0.3 is 0 Å². The van der Waals surface area contributed by atoms with Crippen LogP contribution in [0.5, 0.6) is 0 Å². The zero-order valence-electron chi connectivity index (χ0n) is 9.50. The Morgan fingerprint density at radius 2 is 2.12 bits per heavy atom. The summed E-state index contributed by atoms with van der Waals surface area (Å²) in [4.78, 5) is 14.8. The van der Waals surface area contributed by atoms with Crippen LogP contribution in [0.15, 0.2) is 5.38 Å². The summed E-state index contributed by atoms with van der Waals surface area (Å²) in [6.07, 6.45) is 3.53. The van der Waals surface area contributed by atoms with Crippen LogP contribution in [0.2, 0.25) is 0 Å². The smallest absolute Gasteiger partial charge is 0.211 e. The molecule has 1 saturated heterocycles. The molecule has 0 saturated carbocycles. The average molecular weight is 274 g/mol. The highest BCUT2D eigenvalue weighted by molar-refractivity contribution is 7.88. The fraction of sp³-hybridized carbons (Fsp3) is 0.600. The average Bonchev–Trinajstić information content (AvgIpc) is 2.76. The Hall–Kier alpha value is -0.790. The van der Waals surface area contributed by atoms with Crippen LogP contribution < -0.4 is 0 Å². The first-order valence-corrected chi connectivity index (χ1v) is 8.09. The lowest BCUT2D eigenvalue weighted by Gasteiger charge is -2.29. The van der Waals surface area contributed by atoms with Gasteiger partial charge >= 0.3 is 0 Å². The lowest BCUT2D eigenvalue weighted by molar-refractivity contribution is 0.111. The second-order valence-electron chi connectivity index (χ2n) is 4.16. The van der Waals surface area contributed by atoms with E-state index in [0.29, 0.717) is 18.8 Å². The van der Waals surface area contributed by atoms with Crippen LogP contribution in [0, 0.1) is 0 Å². The summed E-state index contributed by atoms with van der Waals surface area (Å²) in [5, 5.41) is 2.69. The first kappa shape index (κ1) is 12.7. The molecule has 0 N–H and O–H groups in total. The SMILES string of the molecule is CS(=O)(=O)N1CCC(c2nc(C=O)cs2)CC1. The van der Waals surface area contributed by atoms with Crippen molar-refractivity contribution in [1.82, 2.24) is 9.29 Å². The summed E-state index contributed by atoms with van der Waals surface area (Å²) in [6, 6.07) is 0. The number of aromatic nitrogens is 1. The van der Waals surface area contributed by atoms with Gasteiger partial charge in [-0.2, -0.15) is 0 Å². The number of aldehydes is 1. The normalized spacial score (nSPS) is 19.4. The third-order valence-electron chi connectivity index (χ3n) is 2.93. The molecule has 1 aromatic heterocycles. The van der Waals surface area contributed by atoms with Crippen molar-refractivity contribution in [3.63, 3.8) is 0 Å². The molecule has 1 fully saturated rings. The van der Waals surface area contributed by atoms with Crippen LogP contribution in [0.4, 0.5) is 0 Å². The van der Waals surface area contributed by atoms with Crippen LogP contribution in [0.3, 0.4) is 0 Å². The van der Waals surface area contributed by atoms with Gasteiger partial charge in [0, 0.05) is 24.4 Å². The highest BCUT2D eigenvalue weighted by atomic mass is 32.2. The van der Waals surface area contributed by atoms with Crippen LogP contribution in [0.25, 0.3) is 0 Å². The monoisotopic (exact) mass is 274 g/mol. The Kier molecular flexibility index (Phi) is 3.60. The van der Waals surface area contributed by atoms with E-state index in [-0.39, 0.29) is 5.92 Å². The number of sulfonamides is 1. The molecule has 0 radical (unpaired) electrons. The Morgan fingerprint density at radius 3 is 2.59 bits per heavy atom. The van der Waals surface area contributed by atoms with Gasteiger partial charge in [-0.1, -0.05) is 0 Å². The molecule has 0 amide bonds. The lowest BCUT2D eigenvalue weighted by Crippen LogP contribution is -2.37. The van der Waals surface area contributed by atoms with Gasteiger partial charge in [-0.25, -0.2) is 17.7 Å². The lowest BCUT2D eigenvalue weighted by atomic mass is 9.99. The standard InChI is InChI=1S/C10H14N2O3S2/c1-17(14,15)12-4-2-8(3-5-12)10-11-9(6-13)7-16-10/h6-8H,2-5H2,1H3. The van der Waals surface area contributed by atoms with E-state index in [1.165, 1.54) is 21.9 Å². The van der Waals surface area contributed by atoms with Gasteiger partial charge in [0.2, 0.25) is 10.0 Å². The number of rotatable bonds is 3. The van der Waals surface area contributed by atoms with Gasteiger partial charge in [0.1, 0.15) is 5.69 Å². The molecule has 0 spiro atoms. The van der Waals surface area contributed by atoms with Crippen molar-refractivity contribution in [3.05, 3.63) is 16.1 Å². The molecule has 2 rings (SSSR count). The number of thiazole rings is 1. The molecule has 17 heavy (non-hydrogen) atoms. The van der Waals surface area contributed by atoms with Gasteiger partial charge in [0.05, 0.1) is 11.3 Å². The number of hydrogen-bond acceptors (Lipinski definition) is 5. The topological polar surface area (TPSA) is 67.3 Å². The van der Waals surface area contributed by atoms with Crippen molar-refractivity contribution in [2.75, 3.05) is 19.3 Å². The summed E-state index contributed by atoms with van der Waals surface area (Å²) >= 11 is 1.48. The van der Waals surface area contributed by atoms with Crippen LogP contribution in [0.1, 0.15) is 34.3 Å². The van der Waals surface area contributed by atoms with Crippen molar-refractivity contribution in [1.29, 1.82) is 0 Å². The van der Waals surface area contributed by atoms with Crippen LogP contribution in [-0.4, -0.2) is 43.3 Å². The maximum atomic E-state index is 11.3. The molecule has 0 aliphatic carbocycles. The molecule has 1 aromatic rings. The van der Waals surface area contributed by atoms with Crippen LogP contribution >= 0.6 is 11.3 Å². The molecule has 0 unspecified atom stereocenters. The molecule has 0 aromatic carbocycles. The molecule has 1 aliphatic rings. The Morgan fingerprint density at radius 1 is 1.47 bits per heavy atom. The number of nitrogens with zero attached hydrogens (tertiary/aromatic N) is 2. The minimum absolute atomic E-state index is 0.284. The maximum absolute atomic E-state index is 11.3. The second-order valence-corrected chi connectivity index (χ2v) is 7.04. The van der Waals surface area contributed by atoms with E-state index in [0.717, 1.165) is 24.1 Å². The van der Waals surface area contributed by atoms with Gasteiger partial charge in [-0.15, -0.1) is 11.3 Å². The van der Waals surface area contributed by atoms with E-state index < -0.39 is 10.0 Å². The van der Waals surface area contributed by atoms with E-state index in [4.69, 9.17) is 0 Å². The fourth-order valence-electron chi connectivity index (χ4n) is 1.98. The number of piperidine rings is 1. The third-order valence-corrected chi connectivity index (χ3v) is 5.26. The predicted octanol–water partition coefficient (Wildman–Crippen LogP) is 1.09. The minimum atomic E-state index is -3.07. The maximum Gasteiger partial charge on any atom is 0.211 e. The largest absolute Gasteiger partial charge is 0.296 e. The Bertz CT molecular complexity index is 501. The number of carbonyl (C=O) groups is 1. The van der Waals surface area contributed by atoms with E-state index >= 15 is 0 Å². The highest BCUT2D eigenvalue weighted by Crippen LogP contribution is 2.30. The van der Waals surface area contributed by atoms with Gasteiger partial charge in [0.15, 0.2) is 6.29 Å². The van der Waals surface area contributed by atoms with Gasteiger partial charge in [0.25, 0.3) is 0 Å². The number of carbonyl (C=O) groups excluding carboxylic acids is 1. The molecule has 7 heteroatoms. The summed E-state index contributed by atoms with van der Waals surface area (Å²) in [5.41, 5.74) is 0.468. The van der Waals surface area contributed by atoms with Crippen molar-refractivity contribution in [2.45, 2.75) is 18.8 Å². The molecule has 2 heterocycles. The molecule has 94 valence electrons. The molecular weight excluding hydrogens is 260 g/mol. The zero-order valence-corrected chi connectivity index (χ0v) is 11.1. The quantitative estimate of drug-likeness (QED) is 0.774. The second kappa shape index (κ2) is 4.83. The van der Waals surface area contributed by atoms with Crippen molar-refractivity contribution in [2.24, 2.45) is 0 Å². The first-order valence-electron chi connectivity index (χ1n) is 5.36.